The van der Waals surface area contributed by atoms with Crippen molar-refractivity contribution >= 4 is 37.4 Å². The first kappa shape index (κ1) is 15.9. The largest absolute Gasteiger partial charge is 0.299 e. The van der Waals surface area contributed by atoms with E-state index >= 15 is 0 Å². The Bertz CT molecular complexity index is 993. The average Bonchev–Trinajstić information content (AvgIpc) is 2.88. The van der Waals surface area contributed by atoms with Gasteiger partial charge in [0, 0.05) is 15.9 Å². The molecule has 0 atom stereocenters. The molecule has 3 aromatic rings. The van der Waals surface area contributed by atoms with Crippen LogP contribution in [0.15, 0.2) is 33.9 Å². The maximum absolute atomic E-state index is 12.6. The van der Waals surface area contributed by atoms with E-state index in [1.165, 1.54) is 4.52 Å². The normalized spacial score (nSPS) is 11.8. The standard InChI is InChI=1S/C14H14BrN5O2S/c1-8-5-4-6-11(15)12(8)19-23(21,22)14-17-13-16-9(2)7-10(3)20(13)18-14/h4-7,19H,1-3H3. The molecular formula is C14H14BrN5O2S. The molecule has 1 aromatic carbocycles. The van der Waals surface area contributed by atoms with Crippen molar-refractivity contribution in [3.63, 3.8) is 0 Å². The van der Waals surface area contributed by atoms with Crippen LogP contribution in [0.3, 0.4) is 0 Å². The first-order valence-electron chi connectivity index (χ1n) is 6.77. The van der Waals surface area contributed by atoms with Crippen LogP contribution in [0.4, 0.5) is 5.69 Å². The molecule has 2 heterocycles. The third kappa shape index (κ3) is 2.93. The van der Waals surface area contributed by atoms with Crippen molar-refractivity contribution in [3.05, 3.63) is 45.7 Å². The highest BCUT2D eigenvalue weighted by atomic mass is 79.9. The summed E-state index contributed by atoms with van der Waals surface area (Å²) in [7, 11) is -3.91. The monoisotopic (exact) mass is 395 g/mol. The van der Waals surface area contributed by atoms with E-state index in [1.807, 2.05) is 39.0 Å². The van der Waals surface area contributed by atoms with E-state index in [-0.39, 0.29) is 10.9 Å². The molecule has 0 spiro atoms. The Kier molecular flexibility index (Phi) is 3.85. The summed E-state index contributed by atoms with van der Waals surface area (Å²) in [4.78, 5) is 8.24. The van der Waals surface area contributed by atoms with Gasteiger partial charge < -0.3 is 0 Å². The van der Waals surface area contributed by atoms with E-state index in [4.69, 9.17) is 0 Å². The molecule has 3 rings (SSSR count). The zero-order chi connectivity index (χ0) is 16.8. The summed E-state index contributed by atoms with van der Waals surface area (Å²) >= 11 is 3.34. The van der Waals surface area contributed by atoms with Crippen LogP contribution in [0.2, 0.25) is 0 Å². The number of fused-ring (bicyclic) bond motifs is 1. The van der Waals surface area contributed by atoms with Crippen molar-refractivity contribution in [2.45, 2.75) is 25.9 Å². The Labute approximate surface area is 142 Å². The minimum Gasteiger partial charge on any atom is -0.276 e. The number of nitrogens with one attached hydrogen (secondary N) is 1. The van der Waals surface area contributed by atoms with Crippen molar-refractivity contribution in [2.75, 3.05) is 4.72 Å². The van der Waals surface area contributed by atoms with Crippen LogP contribution in [0.25, 0.3) is 5.78 Å². The van der Waals surface area contributed by atoms with E-state index in [9.17, 15) is 8.42 Å². The lowest BCUT2D eigenvalue weighted by molar-refractivity contribution is 0.592. The van der Waals surface area contributed by atoms with Gasteiger partial charge in [-0.25, -0.2) is 9.50 Å². The molecule has 0 bridgehead atoms. The van der Waals surface area contributed by atoms with E-state index in [1.54, 1.807) is 6.07 Å². The Balaban J connectivity index is 2.08. The number of hydrogen-bond donors (Lipinski definition) is 1. The van der Waals surface area contributed by atoms with Gasteiger partial charge in [-0.1, -0.05) is 12.1 Å². The minimum atomic E-state index is -3.91. The number of anilines is 1. The fraction of sp³-hybridized carbons (Fsp3) is 0.214. The van der Waals surface area contributed by atoms with Crippen LogP contribution in [-0.2, 0) is 10.0 Å². The first-order valence-corrected chi connectivity index (χ1v) is 9.04. The Morgan fingerprint density at radius 3 is 2.61 bits per heavy atom. The molecule has 9 heteroatoms. The average molecular weight is 396 g/mol. The molecule has 1 N–H and O–H groups in total. The zero-order valence-corrected chi connectivity index (χ0v) is 15.1. The summed E-state index contributed by atoms with van der Waals surface area (Å²) < 4.78 is 29.7. The Morgan fingerprint density at radius 1 is 1.17 bits per heavy atom. The molecule has 7 nitrogen and oxygen atoms in total. The highest BCUT2D eigenvalue weighted by Crippen LogP contribution is 2.27. The van der Waals surface area contributed by atoms with Gasteiger partial charge in [0.05, 0.1) is 5.69 Å². The predicted octanol–water partition coefficient (Wildman–Crippen LogP) is 2.61. The summed E-state index contributed by atoms with van der Waals surface area (Å²) in [6, 6.07) is 7.21. The van der Waals surface area contributed by atoms with E-state index in [2.05, 4.69) is 35.7 Å². The maximum Gasteiger partial charge on any atom is 0.299 e. The fourth-order valence-electron chi connectivity index (χ4n) is 2.20. The maximum atomic E-state index is 12.6. The molecule has 0 saturated carbocycles. The van der Waals surface area contributed by atoms with Gasteiger partial charge in [-0.3, -0.25) is 4.72 Å². The molecule has 0 aliphatic rings. The summed E-state index contributed by atoms with van der Waals surface area (Å²) in [6.07, 6.45) is 0. The molecule has 0 fully saturated rings. The highest BCUT2D eigenvalue weighted by molar-refractivity contribution is 9.10. The van der Waals surface area contributed by atoms with E-state index in [0.717, 1.165) is 17.0 Å². The van der Waals surface area contributed by atoms with Crippen molar-refractivity contribution in [2.24, 2.45) is 0 Å². The summed E-state index contributed by atoms with van der Waals surface area (Å²) in [6.45, 7) is 5.45. The number of aromatic nitrogens is 4. The van der Waals surface area contributed by atoms with Crippen LogP contribution in [0, 0.1) is 20.8 Å². The summed E-state index contributed by atoms with van der Waals surface area (Å²) in [5.74, 6) is 0.256. The number of hydrogen-bond acceptors (Lipinski definition) is 5. The second-order valence-electron chi connectivity index (χ2n) is 5.18. The topological polar surface area (TPSA) is 89.3 Å². The fourth-order valence-corrected chi connectivity index (χ4v) is 3.92. The zero-order valence-electron chi connectivity index (χ0n) is 12.7. The van der Waals surface area contributed by atoms with Crippen LogP contribution in [0.5, 0.6) is 0 Å². The summed E-state index contributed by atoms with van der Waals surface area (Å²) in [5, 5.41) is 3.75. The van der Waals surface area contributed by atoms with Crippen molar-refractivity contribution < 1.29 is 8.42 Å². The Hall–Kier alpha value is -2.00. The molecule has 2 aromatic heterocycles. The van der Waals surface area contributed by atoms with Gasteiger partial charge in [-0.05, 0) is 54.4 Å². The van der Waals surface area contributed by atoms with Crippen molar-refractivity contribution in [1.29, 1.82) is 0 Å². The number of rotatable bonds is 3. The number of aryl methyl sites for hydroxylation is 3. The molecule has 0 aliphatic carbocycles. The van der Waals surface area contributed by atoms with Gasteiger partial charge >= 0.3 is 0 Å². The molecule has 120 valence electrons. The molecular weight excluding hydrogens is 382 g/mol. The van der Waals surface area contributed by atoms with E-state index < -0.39 is 10.0 Å². The lowest BCUT2D eigenvalue weighted by Crippen LogP contribution is -2.16. The number of sulfonamides is 1. The smallest absolute Gasteiger partial charge is 0.276 e. The van der Waals surface area contributed by atoms with Crippen LogP contribution < -0.4 is 4.72 Å². The third-order valence-corrected chi connectivity index (χ3v) is 5.08. The molecule has 0 unspecified atom stereocenters. The van der Waals surface area contributed by atoms with Crippen LogP contribution >= 0.6 is 15.9 Å². The minimum absolute atomic E-state index is 0.256. The second-order valence-corrected chi connectivity index (χ2v) is 7.61. The number of halogens is 1. The van der Waals surface area contributed by atoms with Crippen molar-refractivity contribution in [1.82, 2.24) is 19.6 Å². The predicted molar refractivity (Wildman–Crippen MR) is 89.9 cm³/mol. The SMILES string of the molecule is Cc1cc(C)n2nc(S(=O)(=O)Nc3c(C)cccc3Br)nc2n1. The van der Waals surface area contributed by atoms with Crippen LogP contribution in [0.1, 0.15) is 17.0 Å². The lowest BCUT2D eigenvalue weighted by Gasteiger charge is -2.09. The second kappa shape index (κ2) is 5.57. The Morgan fingerprint density at radius 2 is 1.91 bits per heavy atom. The van der Waals surface area contributed by atoms with Crippen molar-refractivity contribution in [3.8, 4) is 0 Å². The van der Waals surface area contributed by atoms with Gasteiger partial charge in [0.15, 0.2) is 0 Å². The number of nitrogens with zero attached hydrogens (tertiary/aromatic N) is 4. The molecule has 0 radical (unpaired) electrons. The van der Waals surface area contributed by atoms with Crippen LogP contribution in [-0.4, -0.2) is 28.0 Å². The molecule has 0 aliphatic heterocycles. The quantitative estimate of drug-likeness (QED) is 0.735. The van der Waals surface area contributed by atoms with Gasteiger partial charge in [0.2, 0.25) is 0 Å². The van der Waals surface area contributed by atoms with Gasteiger partial charge in [0.1, 0.15) is 0 Å². The molecule has 0 amide bonds. The number of para-hydroxylation sites is 1. The molecule has 23 heavy (non-hydrogen) atoms. The third-order valence-electron chi connectivity index (χ3n) is 3.30. The van der Waals surface area contributed by atoms with Gasteiger partial charge in [-0.2, -0.15) is 13.4 Å². The lowest BCUT2D eigenvalue weighted by atomic mass is 10.2. The van der Waals surface area contributed by atoms with Gasteiger partial charge in [-0.15, -0.1) is 5.10 Å². The van der Waals surface area contributed by atoms with E-state index in [0.29, 0.717) is 10.2 Å². The molecule has 0 saturated heterocycles. The van der Waals surface area contributed by atoms with Gasteiger partial charge in [0.25, 0.3) is 21.0 Å². The first-order chi connectivity index (χ1) is 10.8. The summed E-state index contributed by atoms with van der Waals surface area (Å²) in [5.41, 5.74) is 2.77. The number of benzene rings is 1. The highest BCUT2D eigenvalue weighted by Gasteiger charge is 2.23.